The SMILES string of the molecule is C=CCNC(=O)[C@H]1[C@@H]2C(=O)O[C@@H](c3ccccc3)[C@@H](c3ccccc3)N2[C@@H](c2ccc(O)cc2)[C@]12C(=O)N(C(=O)N[C@H](C)c1ccccc1)c1ccc(C#CCC(C(=O)OC)C(=O)OC)cc12. The van der Waals surface area contributed by atoms with Gasteiger partial charge >= 0.3 is 23.9 Å². The molecule has 67 heavy (non-hydrogen) atoms. The number of carbonyl (C=O) groups excluding carboxylic acids is 6. The Bertz CT molecular complexity index is 2760. The van der Waals surface area contributed by atoms with Crippen molar-refractivity contribution in [1.29, 1.82) is 0 Å². The maximum atomic E-state index is 16.4. The molecule has 14 heteroatoms. The molecule has 4 amide bonds. The molecule has 0 aliphatic carbocycles. The summed E-state index contributed by atoms with van der Waals surface area (Å²) in [7, 11) is 2.29. The van der Waals surface area contributed by atoms with E-state index in [0.717, 1.165) is 24.7 Å². The van der Waals surface area contributed by atoms with Crippen molar-refractivity contribution in [2.45, 2.75) is 49.0 Å². The second-order valence-electron chi connectivity index (χ2n) is 16.4. The highest BCUT2D eigenvalue weighted by atomic mass is 16.6. The van der Waals surface area contributed by atoms with Gasteiger partial charge in [0.25, 0.3) is 0 Å². The molecule has 0 bridgehead atoms. The number of fused-ring (bicyclic) bond motifs is 3. The summed E-state index contributed by atoms with van der Waals surface area (Å²) in [6, 6.07) is 33.8. The first-order valence-corrected chi connectivity index (χ1v) is 21.7. The van der Waals surface area contributed by atoms with E-state index in [2.05, 4.69) is 29.1 Å². The van der Waals surface area contributed by atoms with Crippen LogP contribution in [0.4, 0.5) is 10.5 Å². The minimum absolute atomic E-state index is 0.0290. The van der Waals surface area contributed by atoms with Gasteiger partial charge in [-0.3, -0.25) is 28.9 Å². The predicted molar refractivity (Wildman–Crippen MR) is 246 cm³/mol. The summed E-state index contributed by atoms with van der Waals surface area (Å²) in [6.07, 6.45) is 0.248. The lowest BCUT2D eigenvalue weighted by Crippen LogP contribution is -2.56. The number of hydrogen-bond donors (Lipinski definition) is 3. The molecule has 8 rings (SSSR count). The van der Waals surface area contributed by atoms with Crippen LogP contribution in [0.15, 0.2) is 146 Å². The predicted octanol–water partition coefficient (Wildman–Crippen LogP) is 6.53. The van der Waals surface area contributed by atoms with Crippen molar-refractivity contribution in [2.24, 2.45) is 11.8 Å². The number of ether oxygens (including phenoxy) is 3. The fraction of sp³-hybridized carbons (Fsp3) is 0.245. The molecule has 5 aromatic rings. The van der Waals surface area contributed by atoms with Crippen molar-refractivity contribution in [2.75, 3.05) is 25.7 Å². The molecule has 1 spiro atoms. The Morgan fingerprint density at radius 1 is 0.821 bits per heavy atom. The summed E-state index contributed by atoms with van der Waals surface area (Å²) in [6.45, 7) is 5.55. The first kappa shape index (κ1) is 45.5. The number of nitrogens with one attached hydrogen (secondary N) is 2. The van der Waals surface area contributed by atoms with Crippen LogP contribution in [0.5, 0.6) is 5.75 Å². The van der Waals surface area contributed by atoms with Crippen LogP contribution in [0.25, 0.3) is 0 Å². The van der Waals surface area contributed by atoms with E-state index in [1.165, 1.54) is 18.2 Å². The molecule has 0 unspecified atom stereocenters. The molecular formula is C53H48N4O10. The summed E-state index contributed by atoms with van der Waals surface area (Å²) in [5, 5.41) is 16.6. The van der Waals surface area contributed by atoms with E-state index in [0.29, 0.717) is 22.3 Å². The molecule has 3 N–H and O–H groups in total. The van der Waals surface area contributed by atoms with Gasteiger partial charge in [0.15, 0.2) is 5.92 Å². The Morgan fingerprint density at radius 2 is 1.43 bits per heavy atom. The number of hydrogen-bond acceptors (Lipinski definition) is 11. The van der Waals surface area contributed by atoms with Crippen LogP contribution in [0, 0.1) is 23.7 Å². The highest BCUT2D eigenvalue weighted by Crippen LogP contribution is 2.66. The van der Waals surface area contributed by atoms with Gasteiger partial charge in [-0.15, -0.1) is 6.58 Å². The van der Waals surface area contributed by atoms with Crippen LogP contribution >= 0.6 is 0 Å². The number of nitrogens with zero attached hydrogens (tertiary/aromatic N) is 2. The summed E-state index contributed by atoms with van der Waals surface area (Å²) < 4.78 is 16.1. The van der Waals surface area contributed by atoms with E-state index >= 15 is 14.4 Å². The number of benzene rings is 5. The molecule has 7 atom stereocenters. The van der Waals surface area contributed by atoms with Crippen molar-refractivity contribution in [1.82, 2.24) is 15.5 Å². The Balaban J connectivity index is 1.41. The first-order chi connectivity index (χ1) is 32.5. The summed E-state index contributed by atoms with van der Waals surface area (Å²) >= 11 is 0. The Morgan fingerprint density at radius 3 is 2.04 bits per heavy atom. The second-order valence-corrected chi connectivity index (χ2v) is 16.4. The maximum Gasteiger partial charge on any atom is 0.329 e. The van der Waals surface area contributed by atoms with Crippen molar-refractivity contribution >= 4 is 41.4 Å². The van der Waals surface area contributed by atoms with Crippen molar-refractivity contribution in [3.05, 3.63) is 179 Å². The number of anilines is 1. The van der Waals surface area contributed by atoms with Gasteiger partial charge in [-0.25, -0.2) is 9.69 Å². The maximum absolute atomic E-state index is 16.4. The van der Waals surface area contributed by atoms with Crippen LogP contribution in [0.3, 0.4) is 0 Å². The molecule has 14 nitrogen and oxygen atoms in total. The second kappa shape index (κ2) is 19.2. The average Bonchev–Trinajstić information content (AvgIpc) is 3.81. The number of morpholine rings is 1. The van der Waals surface area contributed by atoms with Crippen LogP contribution in [-0.4, -0.2) is 72.6 Å². The molecule has 2 saturated heterocycles. The molecule has 3 aliphatic heterocycles. The summed E-state index contributed by atoms with van der Waals surface area (Å²) in [4.78, 5) is 89.7. The third kappa shape index (κ3) is 8.19. The number of carbonyl (C=O) groups is 6. The summed E-state index contributed by atoms with van der Waals surface area (Å²) in [5.74, 6) is -1.05. The molecule has 3 heterocycles. The lowest BCUT2D eigenvalue weighted by Gasteiger charge is -2.46. The minimum Gasteiger partial charge on any atom is -0.508 e. The Hall–Kier alpha value is -8.02. The fourth-order valence-corrected chi connectivity index (χ4v) is 9.80. The fourth-order valence-electron chi connectivity index (χ4n) is 9.80. The first-order valence-electron chi connectivity index (χ1n) is 21.7. The van der Waals surface area contributed by atoms with Crippen LogP contribution in [-0.2, 0) is 43.6 Å². The number of phenolic OH excluding ortho intramolecular Hbond substituents is 1. The third-order valence-electron chi connectivity index (χ3n) is 12.7. The minimum atomic E-state index is -2.09. The lowest BCUT2D eigenvalue weighted by atomic mass is 9.65. The van der Waals surface area contributed by atoms with Crippen LogP contribution < -0.4 is 15.5 Å². The van der Waals surface area contributed by atoms with E-state index < -0.39 is 83.3 Å². The molecule has 2 fully saturated rings. The van der Waals surface area contributed by atoms with Gasteiger partial charge in [-0.1, -0.05) is 121 Å². The van der Waals surface area contributed by atoms with Crippen molar-refractivity contribution < 1.29 is 48.1 Å². The van der Waals surface area contributed by atoms with E-state index in [-0.39, 0.29) is 30.0 Å². The van der Waals surface area contributed by atoms with Gasteiger partial charge in [-0.05, 0) is 65.1 Å². The van der Waals surface area contributed by atoms with Crippen molar-refractivity contribution in [3.63, 3.8) is 0 Å². The largest absolute Gasteiger partial charge is 0.508 e. The number of methoxy groups -OCH3 is 2. The molecule has 0 saturated carbocycles. The van der Waals surface area contributed by atoms with Gasteiger partial charge in [-0.2, -0.15) is 0 Å². The summed E-state index contributed by atoms with van der Waals surface area (Å²) in [5.41, 5.74) is 1.11. The van der Waals surface area contributed by atoms with Gasteiger partial charge in [0.2, 0.25) is 11.8 Å². The van der Waals surface area contributed by atoms with Gasteiger partial charge in [0, 0.05) is 18.5 Å². The normalized spacial score (nSPS) is 22.1. The number of esters is 3. The Kier molecular flexibility index (Phi) is 13.1. The molecule has 0 radical (unpaired) electrons. The molecule has 5 aromatic carbocycles. The molecule has 340 valence electrons. The zero-order valence-electron chi connectivity index (χ0n) is 37.0. The molecule has 0 aromatic heterocycles. The highest BCUT2D eigenvalue weighted by molar-refractivity contribution is 6.24. The molecular weight excluding hydrogens is 853 g/mol. The van der Waals surface area contributed by atoms with E-state index in [1.54, 1.807) is 37.3 Å². The smallest absolute Gasteiger partial charge is 0.329 e. The monoisotopic (exact) mass is 900 g/mol. The van der Waals surface area contributed by atoms with Gasteiger partial charge in [0.05, 0.1) is 44.0 Å². The van der Waals surface area contributed by atoms with Crippen LogP contribution in [0.2, 0.25) is 0 Å². The van der Waals surface area contributed by atoms with Gasteiger partial charge < -0.3 is 30.0 Å². The third-order valence-corrected chi connectivity index (χ3v) is 12.7. The van der Waals surface area contributed by atoms with Gasteiger partial charge in [0.1, 0.15) is 23.3 Å². The number of urea groups is 1. The topological polar surface area (TPSA) is 181 Å². The highest BCUT2D eigenvalue weighted by Gasteiger charge is 2.75. The van der Waals surface area contributed by atoms with E-state index in [9.17, 15) is 19.5 Å². The number of cyclic esters (lactones) is 1. The molecule has 3 aliphatic rings. The van der Waals surface area contributed by atoms with E-state index in [1.807, 2.05) is 95.9 Å². The average molecular weight is 901 g/mol. The van der Waals surface area contributed by atoms with Crippen LogP contribution in [0.1, 0.15) is 71.0 Å². The number of aromatic hydroxyl groups is 1. The van der Waals surface area contributed by atoms with E-state index in [4.69, 9.17) is 14.2 Å². The standard InChI is InChI=1S/C53H48N4O10/c1-5-30-54-47(59)42-44-50(62)67-45(36-21-13-8-14-22-36)43(35-19-11-7-12-20-35)57(44)46(37-25-27-38(58)28-26-37)53(42)40-31-33(16-15-23-39(48(60)65-3)49(61)66-4)24-29-41(40)56(51(53)63)52(64)55-32(2)34-17-9-6-10-18-34/h5-14,17-22,24-29,31-32,39,42-46,58H,1,23,30H2,2-4H3,(H,54,59)(H,55,64)/t32-,42-,43-,44-,45+,46+,53-/m1/s1. The quantitative estimate of drug-likeness (QED) is 0.0431. The number of rotatable bonds is 11. The number of amides is 4. The zero-order chi connectivity index (χ0) is 47.4. The zero-order valence-corrected chi connectivity index (χ0v) is 37.0. The number of phenols is 1. The van der Waals surface area contributed by atoms with Crippen molar-refractivity contribution in [3.8, 4) is 17.6 Å². The lowest BCUT2D eigenvalue weighted by molar-refractivity contribution is -0.178. The number of imide groups is 1. The Labute approximate surface area is 387 Å².